The minimum absolute atomic E-state index is 0.410. The topological polar surface area (TPSA) is 15.3 Å². The van der Waals surface area contributed by atoms with E-state index in [1.54, 1.807) is 12.2 Å². The molecule has 2 heteroatoms. The van der Waals surface area contributed by atoms with Crippen LogP contribution in [0.3, 0.4) is 0 Å². The maximum Gasteiger partial charge on any atom is 0.0461 e. The minimum Gasteiger partial charge on any atom is -0.356 e. The monoisotopic (exact) mass is 906 g/mol. The SMILES string of the molecule is C=C/C=C(\C=C)C/C=C\C(=C/C=C)c1ccc(Nc2ccc(-c3ccc(-c4ccccc4)cc3)cc2)cc1.C=C/C=C\C=C/Cc1ccc(C2C=CC(N(c3ccccc3)c3ccccc3)=CC2)cc1. The van der Waals surface area contributed by atoms with Gasteiger partial charge in [-0.25, -0.2) is 0 Å². The Bertz CT molecular complexity index is 2940. The number of allylic oxidation sites excluding steroid dienone is 17. The predicted octanol–water partition coefficient (Wildman–Crippen LogP) is 18.9. The molecule has 0 fully saturated rings. The molecule has 0 amide bonds. The minimum atomic E-state index is 0.410. The summed E-state index contributed by atoms with van der Waals surface area (Å²) in [5.74, 6) is 0.410. The van der Waals surface area contributed by atoms with Crippen molar-refractivity contribution in [1.29, 1.82) is 0 Å². The van der Waals surface area contributed by atoms with Crippen LogP contribution in [0.2, 0.25) is 0 Å². The second kappa shape index (κ2) is 26.6. The summed E-state index contributed by atoms with van der Waals surface area (Å²) < 4.78 is 0. The zero-order valence-corrected chi connectivity index (χ0v) is 40.0. The van der Waals surface area contributed by atoms with E-state index in [1.807, 2.05) is 42.5 Å². The van der Waals surface area contributed by atoms with Gasteiger partial charge in [0.15, 0.2) is 0 Å². The molecule has 1 unspecified atom stereocenters. The Kier molecular flexibility index (Phi) is 18.7. The summed E-state index contributed by atoms with van der Waals surface area (Å²) in [5, 5.41) is 3.51. The van der Waals surface area contributed by atoms with Gasteiger partial charge in [-0.2, -0.15) is 0 Å². The lowest BCUT2D eigenvalue weighted by Crippen LogP contribution is -2.17. The van der Waals surface area contributed by atoms with Crippen LogP contribution in [0.1, 0.15) is 35.4 Å². The number of nitrogens with one attached hydrogen (secondary N) is 1. The highest BCUT2D eigenvalue weighted by atomic mass is 15.1. The summed E-state index contributed by atoms with van der Waals surface area (Å²) in [6.45, 7) is 15.2. The maximum absolute atomic E-state index is 3.87. The van der Waals surface area contributed by atoms with Gasteiger partial charge in [0.1, 0.15) is 0 Å². The Balaban J connectivity index is 0.000000209. The van der Waals surface area contributed by atoms with E-state index in [1.165, 1.54) is 50.5 Å². The van der Waals surface area contributed by atoms with Crippen molar-refractivity contribution in [2.24, 2.45) is 0 Å². The van der Waals surface area contributed by atoms with Crippen LogP contribution in [0.25, 0.3) is 27.8 Å². The van der Waals surface area contributed by atoms with E-state index in [4.69, 9.17) is 0 Å². The molecule has 344 valence electrons. The lowest BCUT2D eigenvalue weighted by Gasteiger charge is -2.29. The summed E-state index contributed by atoms with van der Waals surface area (Å²) in [6, 6.07) is 66.3. The Labute approximate surface area is 417 Å². The summed E-state index contributed by atoms with van der Waals surface area (Å²) in [4.78, 5) is 2.32. The van der Waals surface area contributed by atoms with Gasteiger partial charge >= 0.3 is 0 Å². The van der Waals surface area contributed by atoms with Crippen LogP contribution in [0.4, 0.5) is 22.7 Å². The molecule has 0 bridgehead atoms. The second-order valence-electron chi connectivity index (χ2n) is 16.7. The van der Waals surface area contributed by atoms with E-state index in [0.29, 0.717) is 5.92 Å². The Morgan fingerprint density at radius 3 is 1.60 bits per heavy atom. The standard InChI is InChI=1S/C37H33N.C31H29N/c1-4-11-29(6-3)13-10-16-30(12-5-2)34-21-25-36(26-22-34)38-37-27-23-35(24-28-37)33-19-17-32(18-20-33)31-14-8-7-9-15-31;1-2-3-4-5-8-13-26-18-20-27(21-19-26)28-22-24-31(25-23-28)32(29-14-9-6-10-15-29)30-16-11-7-12-17-30/h4-12,14-28,38H,1-3,13H2;2-12,14-22,24-25,28H,1,13,23H2/b16-10-,29-11+,30-12+;4-3-,8-5-. The highest BCUT2D eigenvalue weighted by molar-refractivity contribution is 5.77. The molecular formula is C68H62N2. The average Bonchev–Trinajstić information content (AvgIpc) is 3.42. The molecule has 2 nitrogen and oxygen atoms in total. The van der Waals surface area contributed by atoms with E-state index in [9.17, 15) is 0 Å². The van der Waals surface area contributed by atoms with Crippen molar-refractivity contribution in [3.63, 3.8) is 0 Å². The highest BCUT2D eigenvalue weighted by Crippen LogP contribution is 2.35. The fraction of sp³-hybridized carbons (Fsp3) is 0.0588. The molecule has 0 aliphatic heterocycles. The summed E-state index contributed by atoms with van der Waals surface area (Å²) in [6.07, 6.45) is 33.4. The largest absolute Gasteiger partial charge is 0.356 e. The van der Waals surface area contributed by atoms with Gasteiger partial charge in [0.25, 0.3) is 0 Å². The molecule has 1 aliphatic carbocycles. The van der Waals surface area contributed by atoms with Gasteiger partial charge in [-0.1, -0.05) is 251 Å². The lowest BCUT2D eigenvalue weighted by atomic mass is 9.90. The molecule has 1 aliphatic rings. The maximum atomic E-state index is 3.87. The van der Waals surface area contributed by atoms with Gasteiger partial charge in [-0.15, -0.1) is 0 Å². The third kappa shape index (κ3) is 14.4. The van der Waals surface area contributed by atoms with Crippen molar-refractivity contribution in [2.75, 3.05) is 10.2 Å². The molecular weight excluding hydrogens is 845 g/mol. The number of benzene rings is 7. The van der Waals surface area contributed by atoms with Crippen LogP contribution in [-0.4, -0.2) is 0 Å². The quantitative estimate of drug-likeness (QED) is 0.0814. The summed E-state index contributed by atoms with van der Waals surface area (Å²) in [7, 11) is 0. The fourth-order valence-corrected chi connectivity index (χ4v) is 8.16. The lowest BCUT2D eigenvalue weighted by molar-refractivity contribution is 0.839. The molecule has 0 heterocycles. The first kappa shape index (κ1) is 49.2. The van der Waals surface area contributed by atoms with Crippen molar-refractivity contribution in [1.82, 2.24) is 0 Å². The molecule has 8 rings (SSSR count). The fourth-order valence-electron chi connectivity index (χ4n) is 8.16. The molecule has 7 aromatic rings. The third-order valence-corrected chi connectivity index (χ3v) is 11.9. The number of para-hydroxylation sites is 2. The molecule has 0 saturated carbocycles. The van der Waals surface area contributed by atoms with Crippen molar-refractivity contribution in [3.05, 3.63) is 333 Å². The van der Waals surface area contributed by atoms with Crippen LogP contribution >= 0.6 is 0 Å². The van der Waals surface area contributed by atoms with Crippen molar-refractivity contribution in [3.8, 4) is 22.3 Å². The van der Waals surface area contributed by atoms with Crippen molar-refractivity contribution < 1.29 is 0 Å². The van der Waals surface area contributed by atoms with Gasteiger partial charge in [0.2, 0.25) is 0 Å². The first-order valence-corrected chi connectivity index (χ1v) is 23.9. The molecule has 1 atom stereocenters. The van der Waals surface area contributed by atoms with Gasteiger partial charge in [0.05, 0.1) is 0 Å². The number of rotatable bonds is 19. The normalized spacial score (nSPS) is 13.6. The van der Waals surface area contributed by atoms with E-state index >= 15 is 0 Å². The second-order valence-corrected chi connectivity index (χ2v) is 16.7. The Morgan fingerprint density at radius 2 is 1.07 bits per heavy atom. The van der Waals surface area contributed by atoms with Crippen LogP contribution in [0.5, 0.6) is 0 Å². The Hall–Kier alpha value is -8.72. The van der Waals surface area contributed by atoms with Crippen LogP contribution < -0.4 is 10.2 Å². The summed E-state index contributed by atoms with van der Waals surface area (Å²) >= 11 is 0. The van der Waals surface area contributed by atoms with E-state index in [2.05, 4.69) is 261 Å². The average molecular weight is 907 g/mol. The van der Waals surface area contributed by atoms with Crippen molar-refractivity contribution in [2.45, 2.75) is 25.2 Å². The molecule has 70 heavy (non-hydrogen) atoms. The van der Waals surface area contributed by atoms with E-state index in [-0.39, 0.29) is 0 Å². The van der Waals surface area contributed by atoms with Gasteiger partial charge in [-0.3, -0.25) is 0 Å². The Morgan fingerprint density at radius 1 is 0.529 bits per heavy atom. The zero-order valence-electron chi connectivity index (χ0n) is 40.0. The van der Waals surface area contributed by atoms with E-state index in [0.717, 1.165) is 47.3 Å². The van der Waals surface area contributed by atoms with Gasteiger partial charge in [-0.05, 0) is 124 Å². The number of hydrogen-bond acceptors (Lipinski definition) is 2. The first-order valence-electron chi connectivity index (χ1n) is 23.9. The molecule has 0 radical (unpaired) electrons. The van der Waals surface area contributed by atoms with Crippen LogP contribution in [-0.2, 0) is 6.42 Å². The van der Waals surface area contributed by atoms with E-state index < -0.39 is 0 Å². The van der Waals surface area contributed by atoms with Gasteiger partial charge in [0, 0.05) is 34.4 Å². The first-order chi connectivity index (χ1) is 34.5. The highest BCUT2D eigenvalue weighted by Gasteiger charge is 2.18. The number of nitrogens with zero attached hydrogens (tertiary/aromatic N) is 1. The smallest absolute Gasteiger partial charge is 0.0461 e. The van der Waals surface area contributed by atoms with Gasteiger partial charge < -0.3 is 10.2 Å². The number of anilines is 4. The molecule has 0 spiro atoms. The van der Waals surface area contributed by atoms with Crippen LogP contribution in [0.15, 0.2) is 317 Å². The predicted molar refractivity (Wildman–Crippen MR) is 306 cm³/mol. The molecule has 0 aromatic heterocycles. The molecule has 7 aromatic carbocycles. The third-order valence-electron chi connectivity index (χ3n) is 11.9. The zero-order chi connectivity index (χ0) is 48.6. The number of hydrogen-bond donors (Lipinski definition) is 1. The molecule has 1 N–H and O–H groups in total. The molecule has 0 saturated heterocycles. The van der Waals surface area contributed by atoms with Crippen molar-refractivity contribution >= 4 is 28.3 Å². The van der Waals surface area contributed by atoms with Crippen LogP contribution in [0, 0.1) is 0 Å². The summed E-state index contributed by atoms with van der Waals surface area (Å²) in [5.41, 5.74) is 16.6.